The van der Waals surface area contributed by atoms with Gasteiger partial charge in [0.05, 0.1) is 0 Å². The standard InChI is InChI=1S/C48H34/c1-2-13-33(14-3-1)35-25-28-36(29-26-35)41-19-6-7-20-42(41)48-45-23-10-8-21-43(45)47(44-22-9-11-24-46(44)48)40-18-12-17-38(32-40)39-30-27-34-15-4-5-16-37(34)31-39/h1-26,28-32,34H,27H2. The average molecular weight is 611 g/mol. The zero-order chi connectivity index (χ0) is 31.9. The summed E-state index contributed by atoms with van der Waals surface area (Å²) in [6, 6.07) is 55.6. The first kappa shape index (κ1) is 28.3. The summed E-state index contributed by atoms with van der Waals surface area (Å²) in [7, 11) is 0. The van der Waals surface area contributed by atoms with E-state index in [-0.39, 0.29) is 0 Å². The molecule has 0 N–H and O–H groups in total. The summed E-state index contributed by atoms with van der Waals surface area (Å²) in [6.07, 6.45) is 14.7. The molecule has 1 atom stereocenters. The van der Waals surface area contributed by atoms with Crippen molar-refractivity contribution < 1.29 is 0 Å². The van der Waals surface area contributed by atoms with Crippen molar-refractivity contribution >= 4 is 27.1 Å². The van der Waals surface area contributed by atoms with Crippen LogP contribution in [0, 0.1) is 5.92 Å². The minimum absolute atomic E-state index is 0.493. The molecule has 7 aromatic carbocycles. The quantitative estimate of drug-likeness (QED) is 0.170. The molecule has 0 spiro atoms. The maximum Gasteiger partial charge on any atom is 0.00561 e. The Labute approximate surface area is 282 Å². The molecule has 7 aromatic rings. The van der Waals surface area contributed by atoms with Gasteiger partial charge >= 0.3 is 0 Å². The Bertz CT molecular complexity index is 2390. The molecule has 0 bridgehead atoms. The lowest BCUT2D eigenvalue weighted by atomic mass is 9.82. The van der Waals surface area contributed by atoms with E-state index in [0.29, 0.717) is 5.92 Å². The van der Waals surface area contributed by atoms with Crippen molar-refractivity contribution in [1.29, 1.82) is 0 Å². The second-order valence-corrected chi connectivity index (χ2v) is 12.8. The molecule has 2 aliphatic rings. The van der Waals surface area contributed by atoms with Crippen molar-refractivity contribution in [2.45, 2.75) is 6.42 Å². The van der Waals surface area contributed by atoms with Gasteiger partial charge in [0.2, 0.25) is 0 Å². The fourth-order valence-corrected chi connectivity index (χ4v) is 7.67. The third kappa shape index (κ3) is 4.94. The van der Waals surface area contributed by atoms with Gasteiger partial charge in [0, 0.05) is 5.92 Å². The van der Waals surface area contributed by atoms with Crippen molar-refractivity contribution in [3.8, 4) is 44.5 Å². The minimum atomic E-state index is 0.493. The second-order valence-electron chi connectivity index (χ2n) is 12.8. The first-order valence-electron chi connectivity index (χ1n) is 16.9. The van der Waals surface area contributed by atoms with Gasteiger partial charge < -0.3 is 0 Å². The van der Waals surface area contributed by atoms with Gasteiger partial charge in [-0.3, -0.25) is 0 Å². The molecule has 0 saturated carbocycles. The zero-order valence-electron chi connectivity index (χ0n) is 26.7. The molecular weight excluding hydrogens is 577 g/mol. The van der Waals surface area contributed by atoms with Crippen LogP contribution in [0.25, 0.3) is 71.6 Å². The van der Waals surface area contributed by atoms with Gasteiger partial charge in [-0.2, -0.15) is 0 Å². The fraction of sp³-hybridized carbons (Fsp3) is 0.0417. The lowest BCUT2D eigenvalue weighted by Crippen LogP contribution is -2.05. The second kappa shape index (κ2) is 12.0. The van der Waals surface area contributed by atoms with Crippen LogP contribution in [0.15, 0.2) is 194 Å². The Hall–Kier alpha value is -5.98. The topological polar surface area (TPSA) is 0 Å². The van der Waals surface area contributed by atoms with Crippen molar-refractivity contribution in [3.05, 3.63) is 199 Å². The molecular formula is C48H34. The normalized spacial score (nSPS) is 15.3. The number of fused-ring (bicyclic) bond motifs is 3. The summed E-state index contributed by atoms with van der Waals surface area (Å²) in [5.41, 5.74) is 14.0. The summed E-state index contributed by atoms with van der Waals surface area (Å²) in [5, 5.41) is 5.08. The number of rotatable bonds is 5. The molecule has 226 valence electrons. The maximum absolute atomic E-state index is 2.40. The van der Waals surface area contributed by atoms with Crippen LogP contribution >= 0.6 is 0 Å². The molecule has 0 amide bonds. The third-order valence-electron chi connectivity index (χ3n) is 10.0. The largest absolute Gasteiger partial charge is 0.0767 e. The summed E-state index contributed by atoms with van der Waals surface area (Å²) >= 11 is 0. The molecule has 48 heavy (non-hydrogen) atoms. The van der Waals surface area contributed by atoms with Gasteiger partial charge in [0.25, 0.3) is 0 Å². The van der Waals surface area contributed by atoms with Gasteiger partial charge in [0.15, 0.2) is 0 Å². The Morgan fingerprint density at radius 1 is 0.417 bits per heavy atom. The first-order valence-corrected chi connectivity index (χ1v) is 16.9. The predicted molar refractivity (Wildman–Crippen MR) is 206 cm³/mol. The molecule has 2 aliphatic carbocycles. The van der Waals surface area contributed by atoms with E-state index in [2.05, 4.69) is 188 Å². The number of hydrogen-bond donors (Lipinski definition) is 0. The molecule has 0 fully saturated rings. The van der Waals surface area contributed by atoms with E-state index in [4.69, 9.17) is 0 Å². The van der Waals surface area contributed by atoms with Crippen molar-refractivity contribution in [3.63, 3.8) is 0 Å². The number of benzene rings is 7. The van der Waals surface area contributed by atoms with Crippen LogP contribution in [0.5, 0.6) is 0 Å². The Balaban J connectivity index is 1.21. The van der Waals surface area contributed by atoms with Gasteiger partial charge in [-0.25, -0.2) is 0 Å². The van der Waals surface area contributed by atoms with Crippen LogP contribution in [-0.2, 0) is 0 Å². The van der Waals surface area contributed by atoms with Crippen LogP contribution in [0.2, 0.25) is 0 Å². The number of hydrogen-bond acceptors (Lipinski definition) is 0. The summed E-state index contributed by atoms with van der Waals surface area (Å²) in [4.78, 5) is 0. The van der Waals surface area contributed by atoms with Crippen LogP contribution in [-0.4, -0.2) is 0 Å². The van der Waals surface area contributed by atoms with E-state index in [1.807, 2.05) is 0 Å². The molecule has 1 unspecified atom stereocenters. The number of allylic oxidation sites excluding steroid dienone is 8. The SMILES string of the molecule is C1=CC2=CC(c3cccc(-c4c5ccccc5c(-c5ccccc5-c5ccc(-c6ccccc6)cc5)c5ccccc45)c3)=CCC2C=C1. The Kier molecular flexibility index (Phi) is 7.06. The van der Waals surface area contributed by atoms with Gasteiger partial charge in [0.1, 0.15) is 0 Å². The van der Waals surface area contributed by atoms with E-state index >= 15 is 0 Å². The zero-order valence-corrected chi connectivity index (χ0v) is 26.7. The van der Waals surface area contributed by atoms with Crippen LogP contribution in [0.1, 0.15) is 12.0 Å². The lowest BCUT2D eigenvalue weighted by Gasteiger charge is -2.22. The van der Waals surface area contributed by atoms with Crippen molar-refractivity contribution in [2.75, 3.05) is 0 Å². The first-order chi connectivity index (χ1) is 23.8. The highest BCUT2D eigenvalue weighted by molar-refractivity contribution is 6.22. The van der Waals surface area contributed by atoms with Gasteiger partial charge in [-0.05, 0) is 95.2 Å². The van der Waals surface area contributed by atoms with E-state index < -0.39 is 0 Å². The summed E-state index contributed by atoms with van der Waals surface area (Å²) in [5.74, 6) is 0.493. The molecule has 0 nitrogen and oxygen atoms in total. The van der Waals surface area contributed by atoms with E-state index in [9.17, 15) is 0 Å². The highest BCUT2D eigenvalue weighted by Gasteiger charge is 2.20. The van der Waals surface area contributed by atoms with Crippen LogP contribution in [0.3, 0.4) is 0 Å². The van der Waals surface area contributed by atoms with Gasteiger partial charge in [-0.1, -0.05) is 182 Å². The monoisotopic (exact) mass is 610 g/mol. The maximum atomic E-state index is 2.40. The molecule has 0 radical (unpaired) electrons. The van der Waals surface area contributed by atoms with Crippen LogP contribution in [0.4, 0.5) is 0 Å². The van der Waals surface area contributed by atoms with Crippen molar-refractivity contribution in [1.82, 2.24) is 0 Å². The summed E-state index contributed by atoms with van der Waals surface area (Å²) < 4.78 is 0. The fourth-order valence-electron chi connectivity index (χ4n) is 7.67. The average Bonchev–Trinajstić information content (AvgIpc) is 3.17. The predicted octanol–water partition coefficient (Wildman–Crippen LogP) is 13.1. The Morgan fingerprint density at radius 2 is 0.979 bits per heavy atom. The molecule has 9 rings (SSSR count). The third-order valence-corrected chi connectivity index (χ3v) is 10.0. The van der Waals surface area contributed by atoms with E-state index in [1.54, 1.807) is 0 Å². The van der Waals surface area contributed by atoms with Crippen molar-refractivity contribution in [2.24, 2.45) is 5.92 Å². The van der Waals surface area contributed by atoms with Gasteiger partial charge in [-0.15, -0.1) is 0 Å². The minimum Gasteiger partial charge on any atom is -0.0767 e. The smallest absolute Gasteiger partial charge is 0.00561 e. The molecule has 0 heterocycles. The highest BCUT2D eigenvalue weighted by Crippen LogP contribution is 2.46. The summed E-state index contributed by atoms with van der Waals surface area (Å²) in [6.45, 7) is 0. The molecule has 0 aliphatic heterocycles. The van der Waals surface area contributed by atoms with E-state index in [1.165, 1.54) is 82.8 Å². The van der Waals surface area contributed by atoms with Crippen LogP contribution < -0.4 is 0 Å². The highest BCUT2D eigenvalue weighted by atomic mass is 14.2. The molecule has 0 saturated heterocycles. The Morgan fingerprint density at radius 3 is 1.71 bits per heavy atom. The molecule has 0 aromatic heterocycles. The molecule has 0 heteroatoms. The lowest BCUT2D eigenvalue weighted by molar-refractivity contribution is 0.783. The van der Waals surface area contributed by atoms with E-state index in [0.717, 1.165) is 6.42 Å².